The van der Waals surface area contributed by atoms with Crippen LogP contribution >= 0.6 is 0 Å². The van der Waals surface area contributed by atoms with E-state index in [1.54, 1.807) is 0 Å². The molecule has 5 aromatic carbocycles. The van der Waals surface area contributed by atoms with Crippen LogP contribution in [0.3, 0.4) is 0 Å². The summed E-state index contributed by atoms with van der Waals surface area (Å²) in [6.07, 6.45) is 0. The van der Waals surface area contributed by atoms with Crippen molar-refractivity contribution < 1.29 is 4.42 Å². The molecule has 0 atom stereocenters. The molecule has 43 heavy (non-hydrogen) atoms. The molecule has 3 nitrogen and oxygen atoms in total. The second kappa shape index (κ2) is 9.18. The summed E-state index contributed by atoms with van der Waals surface area (Å²) in [5.74, 6) is 1.63. The van der Waals surface area contributed by atoms with Crippen molar-refractivity contribution in [1.82, 2.24) is 9.55 Å². The summed E-state index contributed by atoms with van der Waals surface area (Å²) in [6.45, 7) is 13.8. The fraction of sp³-hybridized carbons (Fsp3) is 0.225. The molecule has 2 heterocycles. The normalized spacial score (nSPS) is 14.0. The van der Waals surface area contributed by atoms with Crippen LogP contribution in [0.15, 0.2) is 101 Å². The minimum absolute atomic E-state index is 0.131. The van der Waals surface area contributed by atoms with Crippen molar-refractivity contribution in [1.29, 1.82) is 0 Å². The zero-order valence-corrected chi connectivity index (χ0v) is 25.7. The highest BCUT2D eigenvalue weighted by atomic mass is 16.3. The first-order valence-electron chi connectivity index (χ1n) is 15.5. The Balaban J connectivity index is 1.48. The average molecular weight is 561 g/mol. The van der Waals surface area contributed by atoms with Gasteiger partial charge in [0.25, 0.3) is 0 Å². The molecular formula is C40H36N2O. The maximum Gasteiger partial charge on any atom is 0.149 e. The molecular weight excluding hydrogens is 524 g/mol. The van der Waals surface area contributed by atoms with E-state index in [1.807, 2.05) is 0 Å². The predicted molar refractivity (Wildman–Crippen MR) is 180 cm³/mol. The molecule has 8 rings (SSSR count). The first-order chi connectivity index (χ1) is 20.8. The number of nitrogens with zero attached hydrogens (tertiary/aromatic N) is 2. The SMILES string of the molecule is CC(C)c1cccc(C(C)C)c1-n1c(-c2cccc3c2oc2ccc4c(c23)C(C)(C)c2ccccc2-4)nc2ccccc21. The third-order valence-electron chi connectivity index (χ3n) is 9.55. The molecule has 0 spiro atoms. The van der Waals surface area contributed by atoms with Gasteiger partial charge in [0.2, 0.25) is 0 Å². The standard InChI is InChI=1S/C40H36N2O/c1-23(2)25-14-11-15-26(24(3)4)37(25)42-33-20-10-9-19-32(33)41-39(42)30-17-12-16-29-35-34(43-38(29)30)22-21-28-27-13-7-8-18-31(27)40(5,6)36(28)35/h7-24H,1-6H3. The molecule has 0 radical (unpaired) electrons. The average Bonchev–Trinajstić information content (AvgIpc) is 3.65. The number of imidazole rings is 1. The number of fused-ring (bicyclic) bond motifs is 8. The van der Waals surface area contributed by atoms with Crippen LogP contribution in [0, 0.1) is 0 Å². The van der Waals surface area contributed by atoms with Crippen LogP contribution < -0.4 is 0 Å². The number of para-hydroxylation sites is 4. The predicted octanol–water partition coefficient (Wildman–Crippen LogP) is 11.1. The van der Waals surface area contributed by atoms with Gasteiger partial charge in [0, 0.05) is 16.2 Å². The Morgan fingerprint density at radius 1 is 0.674 bits per heavy atom. The zero-order chi connectivity index (χ0) is 29.6. The maximum atomic E-state index is 6.84. The van der Waals surface area contributed by atoms with E-state index in [9.17, 15) is 0 Å². The molecule has 0 N–H and O–H groups in total. The quantitative estimate of drug-likeness (QED) is 0.214. The lowest BCUT2D eigenvalue weighted by molar-refractivity contribution is 0.657. The van der Waals surface area contributed by atoms with Gasteiger partial charge in [0.15, 0.2) is 0 Å². The van der Waals surface area contributed by atoms with Gasteiger partial charge < -0.3 is 4.42 Å². The third-order valence-corrected chi connectivity index (χ3v) is 9.55. The molecule has 1 aliphatic rings. The molecule has 0 aliphatic heterocycles. The second-order valence-corrected chi connectivity index (χ2v) is 13.2. The Morgan fingerprint density at radius 3 is 2.12 bits per heavy atom. The van der Waals surface area contributed by atoms with Crippen LogP contribution in [0.25, 0.3) is 61.2 Å². The van der Waals surface area contributed by atoms with Gasteiger partial charge in [-0.15, -0.1) is 0 Å². The summed E-state index contributed by atoms with van der Waals surface area (Å²) in [7, 11) is 0. The number of hydrogen-bond acceptors (Lipinski definition) is 2. The summed E-state index contributed by atoms with van der Waals surface area (Å²) in [6, 6.07) is 35.0. The Morgan fingerprint density at radius 2 is 1.35 bits per heavy atom. The number of rotatable bonds is 4. The summed E-state index contributed by atoms with van der Waals surface area (Å²) in [4.78, 5) is 5.32. The molecule has 7 aromatic rings. The third kappa shape index (κ3) is 3.57. The van der Waals surface area contributed by atoms with Gasteiger partial charge in [-0.1, -0.05) is 114 Å². The van der Waals surface area contributed by atoms with Gasteiger partial charge in [0.1, 0.15) is 17.0 Å². The van der Waals surface area contributed by atoms with Crippen LogP contribution in [0.4, 0.5) is 0 Å². The first kappa shape index (κ1) is 26.0. The molecule has 0 saturated heterocycles. The molecule has 0 saturated carbocycles. The lowest BCUT2D eigenvalue weighted by Crippen LogP contribution is -2.15. The van der Waals surface area contributed by atoms with Gasteiger partial charge in [-0.25, -0.2) is 4.98 Å². The molecule has 1 aliphatic carbocycles. The van der Waals surface area contributed by atoms with Gasteiger partial charge >= 0.3 is 0 Å². The van der Waals surface area contributed by atoms with Crippen LogP contribution in [-0.4, -0.2) is 9.55 Å². The van der Waals surface area contributed by atoms with Crippen molar-refractivity contribution in [2.24, 2.45) is 0 Å². The van der Waals surface area contributed by atoms with Crippen LogP contribution in [0.1, 0.15) is 75.6 Å². The number of hydrogen-bond donors (Lipinski definition) is 0. The van der Waals surface area contributed by atoms with Gasteiger partial charge in [-0.05, 0) is 69.5 Å². The Kier molecular flexibility index (Phi) is 5.56. The fourth-order valence-electron chi connectivity index (χ4n) is 7.54. The van der Waals surface area contributed by atoms with Crippen molar-refractivity contribution in [3.05, 3.63) is 119 Å². The molecule has 0 amide bonds. The van der Waals surface area contributed by atoms with Crippen molar-refractivity contribution in [2.75, 3.05) is 0 Å². The monoisotopic (exact) mass is 560 g/mol. The highest BCUT2D eigenvalue weighted by molar-refractivity contribution is 6.14. The minimum Gasteiger partial charge on any atom is -0.455 e. The van der Waals surface area contributed by atoms with Crippen LogP contribution in [-0.2, 0) is 5.41 Å². The Bertz CT molecular complexity index is 2200. The van der Waals surface area contributed by atoms with E-state index in [0.717, 1.165) is 39.0 Å². The Labute approximate surface area is 252 Å². The van der Waals surface area contributed by atoms with Crippen molar-refractivity contribution in [3.8, 4) is 28.2 Å². The molecule has 0 fully saturated rings. The lowest BCUT2D eigenvalue weighted by atomic mass is 9.80. The van der Waals surface area contributed by atoms with Crippen LogP contribution in [0.5, 0.6) is 0 Å². The number of furan rings is 1. The number of benzene rings is 5. The van der Waals surface area contributed by atoms with E-state index in [2.05, 4.69) is 143 Å². The molecule has 0 bridgehead atoms. The largest absolute Gasteiger partial charge is 0.455 e. The Hall–Kier alpha value is -4.63. The second-order valence-electron chi connectivity index (χ2n) is 13.2. The fourth-order valence-corrected chi connectivity index (χ4v) is 7.54. The molecule has 212 valence electrons. The smallest absolute Gasteiger partial charge is 0.149 e. The first-order valence-corrected chi connectivity index (χ1v) is 15.5. The number of aromatic nitrogens is 2. The summed E-state index contributed by atoms with van der Waals surface area (Å²) >= 11 is 0. The van der Waals surface area contributed by atoms with Gasteiger partial charge in [0.05, 0.1) is 22.3 Å². The highest BCUT2D eigenvalue weighted by Gasteiger charge is 2.38. The highest BCUT2D eigenvalue weighted by Crippen LogP contribution is 2.53. The maximum absolute atomic E-state index is 6.84. The van der Waals surface area contributed by atoms with Crippen molar-refractivity contribution in [3.63, 3.8) is 0 Å². The zero-order valence-electron chi connectivity index (χ0n) is 25.7. The van der Waals surface area contributed by atoms with E-state index in [0.29, 0.717) is 11.8 Å². The minimum atomic E-state index is -0.131. The molecule has 0 unspecified atom stereocenters. The summed E-state index contributed by atoms with van der Waals surface area (Å²) < 4.78 is 9.24. The van der Waals surface area contributed by atoms with Crippen molar-refractivity contribution >= 4 is 33.0 Å². The van der Waals surface area contributed by atoms with E-state index in [1.165, 1.54) is 44.5 Å². The van der Waals surface area contributed by atoms with Gasteiger partial charge in [-0.3, -0.25) is 4.57 Å². The van der Waals surface area contributed by atoms with Crippen LogP contribution in [0.2, 0.25) is 0 Å². The summed E-state index contributed by atoms with van der Waals surface area (Å²) in [5, 5.41) is 2.36. The topological polar surface area (TPSA) is 31.0 Å². The molecule has 3 heteroatoms. The van der Waals surface area contributed by atoms with E-state index in [4.69, 9.17) is 9.40 Å². The van der Waals surface area contributed by atoms with Gasteiger partial charge in [-0.2, -0.15) is 0 Å². The van der Waals surface area contributed by atoms with E-state index in [-0.39, 0.29) is 5.41 Å². The lowest BCUT2D eigenvalue weighted by Gasteiger charge is -2.22. The van der Waals surface area contributed by atoms with Crippen molar-refractivity contribution in [2.45, 2.75) is 58.8 Å². The summed E-state index contributed by atoms with van der Waals surface area (Å²) in [5.41, 5.74) is 14.0. The van der Waals surface area contributed by atoms with E-state index >= 15 is 0 Å². The van der Waals surface area contributed by atoms with E-state index < -0.39 is 0 Å². The molecule has 2 aromatic heterocycles.